The standard InChI is InChI=1S/C12H12ClFO2/c1-7-4-5-16-12(7)11(15)9-3-2-8(13)6-10(9)14/h2-3,6-7,12H,4-5H2,1H3. The summed E-state index contributed by atoms with van der Waals surface area (Å²) in [5.74, 6) is -0.734. The summed E-state index contributed by atoms with van der Waals surface area (Å²) in [5, 5.41) is 0.287. The Balaban J connectivity index is 2.27. The van der Waals surface area contributed by atoms with Crippen LogP contribution in [0.1, 0.15) is 23.7 Å². The lowest BCUT2D eigenvalue weighted by Crippen LogP contribution is -2.26. The molecular weight excluding hydrogens is 231 g/mol. The van der Waals surface area contributed by atoms with Crippen LogP contribution in [0.15, 0.2) is 18.2 Å². The minimum atomic E-state index is -0.583. The Hall–Kier alpha value is -0.930. The van der Waals surface area contributed by atoms with E-state index in [1.54, 1.807) is 0 Å². The molecule has 2 rings (SSSR count). The van der Waals surface area contributed by atoms with Crippen molar-refractivity contribution in [3.63, 3.8) is 0 Å². The van der Waals surface area contributed by atoms with E-state index in [0.29, 0.717) is 6.61 Å². The van der Waals surface area contributed by atoms with Crippen molar-refractivity contribution in [1.29, 1.82) is 0 Å². The fourth-order valence-electron chi connectivity index (χ4n) is 1.87. The number of rotatable bonds is 2. The number of ether oxygens (including phenoxy) is 1. The van der Waals surface area contributed by atoms with E-state index < -0.39 is 11.9 Å². The fourth-order valence-corrected chi connectivity index (χ4v) is 2.03. The van der Waals surface area contributed by atoms with Crippen LogP contribution in [-0.4, -0.2) is 18.5 Å². The maximum absolute atomic E-state index is 13.5. The average molecular weight is 243 g/mol. The van der Waals surface area contributed by atoms with Gasteiger partial charge >= 0.3 is 0 Å². The van der Waals surface area contributed by atoms with Gasteiger partial charge in [-0.1, -0.05) is 18.5 Å². The van der Waals surface area contributed by atoms with Gasteiger partial charge in [0, 0.05) is 11.6 Å². The molecule has 2 atom stereocenters. The van der Waals surface area contributed by atoms with E-state index in [4.69, 9.17) is 16.3 Å². The molecule has 0 bridgehead atoms. The zero-order chi connectivity index (χ0) is 11.7. The maximum Gasteiger partial charge on any atom is 0.194 e. The van der Waals surface area contributed by atoms with Crippen LogP contribution in [0.4, 0.5) is 4.39 Å². The summed E-state index contributed by atoms with van der Waals surface area (Å²) in [6.07, 6.45) is 0.321. The van der Waals surface area contributed by atoms with Gasteiger partial charge in [0.2, 0.25) is 0 Å². The highest BCUT2D eigenvalue weighted by Crippen LogP contribution is 2.25. The maximum atomic E-state index is 13.5. The van der Waals surface area contributed by atoms with Gasteiger partial charge < -0.3 is 4.74 Å². The third-order valence-corrected chi connectivity index (χ3v) is 3.08. The lowest BCUT2D eigenvalue weighted by Gasteiger charge is -2.13. The second-order valence-electron chi connectivity index (χ2n) is 4.05. The van der Waals surface area contributed by atoms with Crippen LogP contribution in [0.5, 0.6) is 0 Å². The molecule has 1 heterocycles. The number of ketones is 1. The minimum Gasteiger partial charge on any atom is -0.370 e. The summed E-state index contributed by atoms with van der Waals surface area (Å²) in [6.45, 7) is 2.50. The molecule has 16 heavy (non-hydrogen) atoms. The predicted octanol–water partition coefficient (Wildman–Crippen LogP) is 3.09. The molecule has 0 aliphatic carbocycles. The molecule has 1 saturated heterocycles. The van der Waals surface area contributed by atoms with E-state index in [2.05, 4.69) is 0 Å². The second-order valence-corrected chi connectivity index (χ2v) is 4.48. The van der Waals surface area contributed by atoms with Crippen LogP contribution in [0.25, 0.3) is 0 Å². The Bertz CT molecular complexity index is 419. The van der Waals surface area contributed by atoms with E-state index in [9.17, 15) is 9.18 Å². The normalized spacial score (nSPS) is 24.7. The zero-order valence-electron chi connectivity index (χ0n) is 8.87. The number of Topliss-reactive ketones (excluding diaryl/α,β-unsaturated/α-hetero) is 1. The van der Waals surface area contributed by atoms with Crippen molar-refractivity contribution in [2.45, 2.75) is 19.4 Å². The van der Waals surface area contributed by atoms with Crippen LogP contribution in [-0.2, 0) is 4.74 Å². The van der Waals surface area contributed by atoms with Gasteiger partial charge in [0.1, 0.15) is 11.9 Å². The third-order valence-electron chi connectivity index (χ3n) is 2.84. The van der Waals surface area contributed by atoms with Gasteiger partial charge in [0.05, 0.1) is 5.56 Å². The smallest absolute Gasteiger partial charge is 0.194 e. The number of carbonyl (C=O) groups excluding carboxylic acids is 1. The van der Waals surface area contributed by atoms with Gasteiger partial charge in [0.25, 0.3) is 0 Å². The molecule has 0 aromatic heterocycles. The molecule has 0 saturated carbocycles. The van der Waals surface area contributed by atoms with Gasteiger partial charge in [0.15, 0.2) is 5.78 Å². The Morgan fingerprint density at radius 2 is 2.31 bits per heavy atom. The van der Waals surface area contributed by atoms with Crippen molar-refractivity contribution in [1.82, 2.24) is 0 Å². The first kappa shape index (κ1) is 11.6. The van der Waals surface area contributed by atoms with E-state index in [1.807, 2.05) is 6.92 Å². The van der Waals surface area contributed by atoms with E-state index in [-0.39, 0.29) is 22.3 Å². The predicted molar refractivity (Wildman–Crippen MR) is 59.3 cm³/mol. The van der Waals surface area contributed by atoms with Crippen molar-refractivity contribution in [2.75, 3.05) is 6.61 Å². The number of halogens is 2. The van der Waals surface area contributed by atoms with Crippen molar-refractivity contribution >= 4 is 17.4 Å². The Labute approximate surface area is 98.4 Å². The van der Waals surface area contributed by atoms with Crippen LogP contribution in [0, 0.1) is 11.7 Å². The quantitative estimate of drug-likeness (QED) is 0.745. The number of hydrogen-bond donors (Lipinski definition) is 0. The highest BCUT2D eigenvalue weighted by molar-refractivity contribution is 6.30. The summed E-state index contributed by atoms with van der Waals surface area (Å²) >= 11 is 5.63. The number of carbonyl (C=O) groups is 1. The van der Waals surface area contributed by atoms with E-state index >= 15 is 0 Å². The summed E-state index contributed by atoms with van der Waals surface area (Å²) in [5.41, 5.74) is 0.0585. The van der Waals surface area contributed by atoms with Crippen LogP contribution < -0.4 is 0 Å². The van der Waals surface area contributed by atoms with Crippen molar-refractivity contribution < 1.29 is 13.9 Å². The molecule has 0 amide bonds. The summed E-state index contributed by atoms with van der Waals surface area (Å²) in [7, 11) is 0. The third kappa shape index (κ3) is 2.11. The van der Waals surface area contributed by atoms with Crippen molar-refractivity contribution in [3.8, 4) is 0 Å². The van der Waals surface area contributed by atoms with Gasteiger partial charge in [-0.25, -0.2) is 4.39 Å². The zero-order valence-corrected chi connectivity index (χ0v) is 9.63. The fraction of sp³-hybridized carbons (Fsp3) is 0.417. The van der Waals surface area contributed by atoms with Crippen LogP contribution in [0.2, 0.25) is 5.02 Å². The monoisotopic (exact) mass is 242 g/mol. The molecular formula is C12H12ClFO2. The molecule has 1 aliphatic rings. The Morgan fingerprint density at radius 1 is 1.56 bits per heavy atom. The molecule has 1 aromatic rings. The average Bonchev–Trinajstić information content (AvgIpc) is 2.63. The number of benzene rings is 1. The van der Waals surface area contributed by atoms with Crippen LogP contribution in [0.3, 0.4) is 0 Å². The molecule has 2 unspecified atom stereocenters. The first-order valence-electron chi connectivity index (χ1n) is 5.20. The summed E-state index contributed by atoms with van der Waals surface area (Å²) in [6, 6.07) is 4.07. The van der Waals surface area contributed by atoms with Gasteiger partial charge in [-0.15, -0.1) is 0 Å². The lowest BCUT2D eigenvalue weighted by atomic mass is 9.96. The van der Waals surface area contributed by atoms with Crippen molar-refractivity contribution in [2.24, 2.45) is 5.92 Å². The lowest BCUT2D eigenvalue weighted by molar-refractivity contribution is 0.0575. The SMILES string of the molecule is CC1CCOC1C(=O)c1ccc(Cl)cc1F. The minimum absolute atomic E-state index is 0.0585. The molecule has 0 spiro atoms. The first-order chi connectivity index (χ1) is 7.59. The summed E-state index contributed by atoms with van der Waals surface area (Å²) < 4.78 is 18.8. The molecule has 0 N–H and O–H groups in total. The largest absolute Gasteiger partial charge is 0.370 e. The van der Waals surface area contributed by atoms with E-state index in [1.165, 1.54) is 12.1 Å². The molecule has 1 fully saturated rings. The highest BCUT2D eigenvalue weighted by Gasteiger charge is 2.32. The molecule has 86 valence electrons. The molecule has 1 aromatic carbocycles. The Morgan fingerprint density at radius 3 is 2.88 bits per heavy atom. The first-order valence-corrected chi connectivity index (χ1v) is 5.58. The molecule has 1 aliphatic heterocycles. The van der Waals surface area contributed by atoms with Crippen LogP contribution >= 0.6 is 11.6 Å². The topological polar surface area (TPSA) is 26.3 Å². The van der Waals surface area contributed by atoms with Crippen molar-refractivity contribution in [3.05, 3.63) is 34.6 Å². The molecule has 0 radical (unpaired) electrons. The Kier molecular flexibility index (Phi) is 3.26. The van der Waals surface area contributed by atoms with E-state index in [0.717, 1.165) is 12.5 Å². The van der Waals surface area contributed by atoms with Gasteiger partial charge in [-0.05, 0) is 30.5 Å². The second kappa shape index (κ2) is 4.52. The van der Waals surface area contributed by atoms with Gasteiger partial charge in [-0.3, -0.25) is 4.79 Å². The van der Waals surface area contributed by atoms with Gasteiger partial charge in [-0.2, -0.15) is 0 Å². The summed E-state index contributed by atoms with van der Waals surface area (Å²) in [4.78, 5) is 12.0. The molecule has 4 heteroatoms. The molecule has 2 nitrogen and oxygen atoms in total. The highest BCUT2D eigenvalue weighted by atomic mass is 35.5. The number of hydrogen-bond acceptors (Lipinski definition) is 2.